The monoisotopic (exact) mass is 365 g/mol. The number of carbonyl (C=O) groups is 1. The first-order chi connectivity index (χ1) is 12.1. The van der Waals surface area contributed by atoms with Crippen molar-refractivity contribution in [3.63, 3.8) is 0 Å². The van der Waals surface area contributed by atoms with Crippen LogP contribution in [-0.2, 0) is 12.1 Å². The molecule has 0 fully saturated rings. The summed E-state index contributed by atoms with van der Waals surface area (Å²) in [5.74, 6) is -0.101. The third kappa shape index (κ3) is 4.80. The Morgan fingerprint density at radius 3 is 2.46 bits per heavy atom. The number of nitrogens with zero attached hydrogens (tertiary/aromatic N) is 2. The van der Waals surface area contributed by atoms with E-state index in [4.69, 9.17) is 0 Å². The molecule has 0 atom stereocenters. The molecule has 0 bridgehead atoms. The summed E-state index contributed by atoms with van der Waals surface area (Å²) in [7, 11) is 0. The van der Waals surface area contributed by atoms with Crippen LogP contribution in [0.4, 0.5) is 8.78 Å². The Balaban J connectivity index is 2.17. The maximum absolute atomic E-state index is 12.5. The molecule has 0 spiro atoms. The molecule has 7 heteroatoms. The van der Waals surface area contributed by atoms with Crippen molar-refractivity contribution in [1.82, 2.24) is 15.1 Å². The van der Waals surface area contributed by atoms with E-state index in [0.29, 0.717) is 11.3 Å². The van der Waals surface area contributed by atoms with Gasteiger partial charge in [0.2, 0.25) is 0 Å². The number of hydrogen-bond donors (Lipinski definition) is 1. The van der Waals surface area contributed by atoms with Crippen molar-refractivity contribution in [3.05, 3.63) is 47.3 Å². The summed E-state index contributed by atoms with van der Waals surface area (Å²) in [6, 6.07) is 8.14. The SMILES string of the molecule is CC(C)c1cc(C(=O)NCc2ccccc2OC(F)F)nn1C(C)(C)C. The van der Waals surface area contributed by atoms with Crippen molar-refractivity contribution in [2.75, 3.05) is 0 Å². The largest absolute Gasteiger partial charge is 0.434 e. The highest BCUT2D eigenvalue weighted by molar-refractivity contribution is 5.92. The van der Waals surface area contributed by atoms with E-state index < -0.39 is 6.61 Å². The maximum atomic E-state index is 12.5. The summed E-state index contributed by atoms with van der Waals surface area (Å²) in [5.41, 5.74) is 1.48. The second-order valence-corrected chi connectivity index (χ2v) is 7.36. The van der Waals surface area contributed by atoms with E-state index in [0.717, 1.165) is 5.69 Å². The third-order valence-corrected chi connectivity index (χ3v) is 3.82. The van der Waals surface area contributed by atoms with Crippen LogP contribution in [0.2, 0.25) is 0 Å². The highest BCUT2D eigenvalue weighted by Gasteiger charge is 2.23. The number of nitrogens with one attached hydrogen (secondary N) is 1. The number of benzene rings is 1. The molecule has 142 valence electrons. The normalized spacial score (nSPS) is 11.9. The molecule has 0 aliphatic heterocycles. The van der Waals surface area contributed by atoms with Crippen LogP contribution in [0.1, 0.15) is 62.3 Å². The number of aromatic nitrogens is 2. The first-order valence-corrected chi connectivity index (χ1v) is 8.51. The van der Waals surface area contributed by atoms with Crippen LogP contribution in [-0.4, -0.2) is 22.3 Å². The van der Waals surface area contributed by atoms with Gasteiger partial charge in [-0.05, 0) is 38.8 Å². The van der Waals surface area contributed by atoms with Crippen LogP contribution < -0.4 is 10.1 Å². The maximum Gasteiger partial charge on any atom is 0.387 e. The van der Waals surface area contributed by atoms with Gasteiger partial charge in [-0.15, -0.1) is 0 Å². The van der Waals surface area contributed by atoms with Crippen molar-refractivity contribution >= 4 is 5.91 Å². The number of para-hydroxylation sites is 1. The lowest BCUT2D eigenvalue weighted by molar-refractivity contribution is -0.0504. The molecule has 1 amide bonds. The van der Waals surface area contributed by atoms with Crippen LogP contribution in [0.15, 0.2) is 30.3 Å². The molecule has 0 unspecified atom stereocenters. The van der Waals surface area contributed by atoms with E-state index in [2.05, 4.69) is 15.2 Å². The van der Waals surface area contributed by atoms with E-state index in [1.165, 1.54) is 6.07 Å². The Hall–Kier alpha value is -2.44. The molecule has 0 saturated carbocycles. The molecule has 2 aromatic rings. The summed E-state index contributed by atoms with van der Waals surface area (Å²) < 4.78 is 31.3. The van der Waals surface area contributed by atoms with Crippen molar-refractivity contribution < 1.29 is 18.3 Å². The van der Waals surface area contributed by atoms with E-state index in [9.17, 15) is 13.6 Å². The van der Waals surface area contributed by atoms with E-state index >= 15 is 0 Å². The molecule has 0 aliphatic carbocycles. The van der Waals surface area contributed by atoms with Gasteiger partial charge in [-0.25, -0.2) is 0 Å². The van der Waals surface area contributed by atoms with Crippen molar-refractivity contribution in [3.8, 4) is 5.75 Å². The highest BCUT2D eigenvalue weighted by Crippen LogP contribution is 2.24. The minimum absolute atomic E-state index is 0.0471. The Labute approximate surface area is 152 Å². The van der Waals surface area contributed by atoms with Crippen LogP contribution in [0.5, 0.6) is 5.75 Å². The molecule has 1 aromatic carbocycles. The van der Waals surface area contributed by atoms with Gasteiger partial charge in [0.05, 0.1) is 5.54 Å². The van der Waals surface area contributed by atoms with Crippen molar-refractivity contribution in [2.24, 2.45) is 0 Å². The van der Waals surface area contributed by atoms with Gasteiger partial charge in [-0.3, -0.25) is 9.48 Å². The fraction of sp³-hybridized carbons (Fsp3) is 0.474. The van der Waals surface area contributed by atoms with Crippen molar-refractivity contribution in [1.29, 1.82) is 0 Å². The van der Waals surface area contributed by atoms with Crippen LogP contribution in [0.25, 0.3) is 0 Å². The van der Waals surface area contributed by atoms with Crippen LogP contribution >= 0.6 is 0 Å². The summed E-state index contributed by atoms with van der Waals surface area (Å²) in [4.78, 5) is 12.5. The number of ether oxygens (including phenoxy) is 1. The minimum atomic E-state index is -2.91. The molecule has 26 heavy (non-hydrogen) atoms. The van der Waals surface area contributed by atoms with Gasteiger partial charge in [0.25, 0.3) is 5.91 Å². The number of carbonyl (C=O) groups excluding carboxylic acids is 1. The fourth-order valence-electron chi connectivity index (χ4n) is 2.58. The zero-order valence-electron chi connectivity index (χ0n) is 15.7. The number of rotatable bonds is 6. The highest BCUT2D eigenvalue weighted by atomic mass is 19.3. The zero-order chi connectivity index (χ0) is 19.5. The molecular formula is C19H25F2N3O2. The molecule has 1 aromatic heterocycles. The number of alkyl halides is 2. The lowest BCUT2D eigenvalue weighted by Gasteiger charge is -2.23. The molecular weight excluding hydrogens is 340 g/mol. The van der Waals surface area contributed by atoms with E-state index in [-0.39, 0.29) is 29.7 Å². The molecule has 0 aliphatic rings. The Morgan fingerprint density at radius 1 is 1.27 bits per heavy atom. The number of hydrogen-bond acceptors (Lipinski definition) is 3. The first kappa shape index (κ1) is 19.9. The molecule has 0 saturated heterocycles. The molecule has 0 radical (unpaired) electrons. The summed E-state index contributed by atoms with van der Waals surface area (Å²) in [5, 5.41) is 7.16. The smallest absolute Gasteiger partial charge is 0.387 e. The number of halogens is 2. The van der Waals surface area contributed by atoms with Gasteiger partial charge >= 0.3 is 6.61 Å². The van der Waals surface area contributed by atoms with Gasteiger partial charge in [0.15, 0.2) is 0 Å². The quantitative estimate of drug-likeness (QED) is 0.831. The third-order valence-electron chi connectivity index (χ3n) is 3.82. The van der Waals surface area contributed by atoms with Gasteiger partial charge in [-0.1, -0.05) is 32.0 Å². The molecule has 1 N–H and O–H groups in total. The Bertz CT molecular complexity index is 764. The van der Waals surface area contributed by atoms with Gasteiger partial charge in [-0.2, -0.15) is 13.9 Å². The van der Waals surface area contributed by atoms with Crippen LogP contribution in [0, 0.1) is 0 Å². The standard InChI is InChI=1S/C19H25F2N3O2/c1-12(2)15-10-14(23-24(15)19(3,4)5)17(25)22-11-13-8-6-7-9-16(13)26-18(20)21/h6-10,12,18H,11H2,1-5H3,(H,22,25). The van der Waals surface area contributed by atoms with E-state index in [1.54, 1.807) is 24.3 Å². The zero-order valence-corrected chi connectivity index (χ0v) is 15.7. The second-order valence-electron chi connectivity index (χ2n) is 7.36. The summed E-state index contributed by atoms with van der Waals surface area (Å²) in [6.07, 6.45) is 0. The lowest BCUT2D eigenvalue weighted by atomic mass is 10.1. The van der Waals surface area contributed by atoms with Gasteiger partial charge < -0.3 is 10.1 Å². The topological polar surface area (TPSA) is 56.1 Å². The molecule has 2 rings (SSSR count). The average molecular weight is 365 g/mol. The van der Waals surface area contributed by atoms with Crippen molar-refractivity contribution in [2.45, 2.75) is 59.2 Å². The predicted octanol–water partition coefficient (Wildman–Crippen LogP) is 4.29. The Kier molecular flexibility index (Phi) is 6.00. The second kappa shape index (κ2) is 7.85. The summed E-state index contributed by atoms with van der Waals surface area (Å²) in [6.45, 7) is 7.30. The molecule has 5 nitrogen and oxygen atoms in total. The van der Waals surface area contributed by atoms with Gasteiger partial charge in [0, 0.05) is 17.8 Å². The fourth-order valence-corrected chi connectivity index (χ4v) is 2.58. The molecule has 1 heterocycles. The summed E-state index contributed by atoms with van der Waals surface area (Å²) >= 11 is 0. The van der Waals surface area contributed by atoms with Crippen LogP contribution in [0.3, 0.4) is 0 Å². The average Bonchev–Trinajstić information content (AvgIpc) is 2.99. The first-order valence-electron chi connectivity index (χ1n) is 8.51. The Morgan fingerprint density at radius 2 is 1.92 bits per heavy atom. The lowest BCUT2D eigenvalue weighted by Crippen LogP contribution is -2.27. The van der Waals surface area contributed by atoms with E-state index in [1.807, 2.05) is 39.3 Å². The number of amides is 1. The minimum Gasteiger partial charge on any atom is -0.434 e. The predicted molar refractivity (Wildman–Crippen MR) is 95.6 cm³/mol. The van der Waals surface area contributed by atoms with Gasteiger partial charge in [0.1, 0.15) is 11.4 Å².